The van der Waals surface area contributed by atoms with Crippen LogP contribution in [0.25, 0.3) is 0 Å². The first-order chi connectivity index (χ1) is 8.75. The SMILES string of the molecule is Fc1cc(Cl)c2c(c1)C(c1ccccn1)C=CN2. The predicted octanol–water partition coefficient (Wildman–Crippen LogP) is 3.95. The summed E-state index contributed by atoms with van der Waals surface area (Å²) in [4.78, 5) is 4.32. The number of nitrogens with one attached hydrogen (secondary N) is 1. The Hall–Kier alpha value is -1.87. The van der Waals surface area contributed by atoms with Crippen LogP contribution in [0.3, 0.4) is 0 Å². The summed E-state index contributed by atoms with van der Waals surface area (Å²) in [5.41, 5.74) is 2.43. The van der Waals surface area contributed by atoms with Crippen LogP contribution in [0.1, 0.15) is 17.2 Å². The lowest BCUT2D eigenvalue weighted by Gasteiger charge is -2.22. The Labute approximate surface area is 109 Å². The summed E-state index contributed by atoms with van der Waals surface area (Å²) < 4.78 is 13.5. The summed E-state index contributed by atoms with van der Waals surface area (Å²) in [6.45, 7) is 0. The van der Waals surface area contributed by atoms with E-state index >= 15 is 0 Å². The van der Waals surface area contributed by atoms with Gasteiger partial charge in [-0.25, -0.2) is 4.39 Å². The molecule has 18 heavy (non-hydrogen) atoms. The summed E-state index contributed by atoms with van der Waals surface area (Å²) in [5.74, 6) is -0.410. The largest absolute Gasteiger partial charge is 0.361 e. The normalized spacial score (nSPS) is 17.1. The number of nitrogens with zero attached hydrogens (tertiary/aromatic N) is 1. The third-order valence-corrected chi connectivity index (χ3v) is 3.24. The maximum Gasteiger partial charge on any atom is 0.125 e. The first kappa shape index (κ1) is 11.2. The number of allylic oxidation sites excluding steroid dienone is 1. The highest BCUT2D eigenvalue weighted by Crippen LogP contribution is 2.38. The molecule has 2 nitrogen and oxygen atoms in total. The highest BCUT2D eigenvalue weighted by Gasteiger charge is 2.21. The summed E-state index contributed by atoms with van der Waals surface area (Å²) in [5, 5.41) is 3.44. The van der Waals surface area contributed by atoms with Gasteiger partial charge in [0.25, 0.3) is 0 Å². The zero-order chi connectivity index (χ0) is 12.5. The highest BCUT2D eigenvalue weighted by atomic mass is 35.5. The molecular weight excluding hydrogens is 251 g/mol. The topological polar surface area (TPSA) is 24.9 Å². The molecule has 0 saturated carbocycles. The fourth-order valence-electron chi connectivity index (χ4n) is 2.14. The number of hydrogen-bond acceptors (Lipinski definition) is 2. The molecule has 3 rings (SSSR count). The van der Waals surface area contributed by atoms with Crippen LogP contribution in [0.2, 0.25) is 5.02 Å². The quantitative estimate of drug-likeness (QED) is 0.840. The highest BCUT2D eigenvalue weighted by molar-refractivity contribution is 6.33. The molecular formula is C14H10ClFN2. The number of halogens is 2. The first-order valence-electron chi connectivity index (χ1n) is 5.59. The Balaban J connectivity index is 2.15. The number of pyridine rings is 1. The standard InChI is InChI=1S/C14H10ClFN2/c15-12-8-9(16)7-11-10(4-6-18-14(11)12)13-3-1-2-5-17-13/h1-8,10,18H. The Morgan fingerprint density at radius 3 is 2.94 bits per heavy atom. The maximum atomic E-state index is 13.5. The van der Waals surface area contributed by atoms with Gasteiger partial charge in [-0.05, 0) is 36.0 Å². The monoisotopic (exact) mass is 260 g/mol. The van der Waals surface area contributed by atoms with E-state index in [1.54, 1.807) is 6.20 Å². The van der Waals surface area contributed by atoms with Crippen molar-refractivity contribution in [1.29, 1.82) is 0 Å². The van der Waals surface area contributed by atoms with E-state index in [-0.39, 0.29) is 11.7 Å². The molecule has 2 heterocycles. The lowest BCUT2D eigenvalue weighted by Crippen LogP contribution is -2.10. The van der Waals surface area contributed by atoms with Gasteiger partial charge >= 0.3 is 0 Å². The van der Waals surface area contributed by atoms with Crippen molar-refractivity contribution in [2.24, 2.45) is 0 Å². The van der Waals surface area contributed by atoms with Gasteiger partial charge in [-0.2, -0.15) is 0 Å². The van der Waals surface area contributed by atoms with E-state index in [4.69, 9.17) is 11.6 Å². The maximum absolute atomic E-state index is 13.5. The van der Waals surface area contributed by atoms with Crippen molar-refractivity contribution in [1.82, 2.24) is 4.98 Å². The molecule has 1 aliphatic rings. The summed E-state index contributed by atoms with van der Waals surface area (Å²) in [7, 11) is 0. The van der Waals surface area contributed by atoms with Gasteiger partial charge in [0.2, 0.25) is 0 Å². The van der Waals surface area contributed by atoms with Crippen molar-refractivity contribution in [3.63, 3.8) is 0 Å². The average Bonchev–Trinajstić information content (AvgIpc) is 2.39. The molecule has 1 unspecified atom stereocenters. The second kappa shape index (κ2) is 4.42. The van der Waals surface area contributed by atoms with Crippen LogP contribution in [0.5, 0.6) is 0 Å². The fourth-order valence-corrected chi connectivity index (χ4v) is 2.41. The van der Waals surface area contributed by atoms with Crippen molar-refractivity contribution in [3.05, 3.63) is 70.9 Å². The van der Waals surface area contributed by atoms with Crippen LogP contribution < -0.4 is 5.32 Å². The molecule has 0 aliphatic carbocycles. The van der Waals surface area contributed by atoms with Crippen molar-refractivity contribution in [3.8, 4) is 0 Å². The number of hydrogen-bond donors (Lipinski definition) is 1. The molecule has 0 radical (unpaired) electrons. The van der Waals surface area contributed by atoms with E-state index in [2.05, 4.69) is 10.3 Å². The minimum absolute atomic E-state index is 0.0735. The fraction of sp³-hybridized carbons (Fsp3) is 0.0714. The lowest BCUT2D eigenvalue weighted by atomic mass is 9.91. The third-order valence-electron chi connectivity index (χ3n) is 2.94. The van der Waals surface area contributed by atoms with Gasteiger partial charge in [0.05, 0.1) is 16.4 Å². The molecule has 0 amide bonds. The minimum Gasteiger partial charge on any atom is -0.361 e. The number of anilines is 1. The van der Waals surface area contributed by atoms with Crippen molar-refractivity contribution in [2.75, 3.05) is 5.32 Å². The van der Waals surface area contributed by atoms with E-state index in [0.717, 1.165) is 16.9 Å². The molecule has 1 N–H and O–H groups in total. The van der Waals surface area contributed by atoms with E-state index in [0.29, 0.717) is 5.02 Å². The Morgan fingerprint density at radius 2 is 2.17 bits per heavy atom. The van der Waals surface area contributed by atoms with Gasteiger partial charge in [0.15, 0.2) is 0 Å². The Kier molecular flexibility index (Phi) is 2.76. The lowest BCUT2D eigenvalue weighted by molar-refractivity contribution is 0.625. The minimum atomic E-state index is -0.336. The average molecular weight is 261 g/mol. The van der Waals surface area contributed by atoms with E-state index in [1.807, 2.05) is 30.5 Å². The second-order valence-electron chi connectivity index (χ2n) is 4.09. The van der Waals surface area contributed by atoms with Crippen LogP contribution in [0.4, 0.5) is 10.1 Å². The molecule has 1 aromatic carbocycles. The molecule has 4 heteroatoms. The summed E-state index contributed by atoms with van der Waals surface area (Å²) in [6, 6.07) is 8.49. The third kappa shape index (κ3) is 1.87. The Bertz CT molecular complexity index is 611. The van der Waals surface area contributed by atoms with E-state index in [9.17, 15) is 4.39 Å². The number of aromatic nitrogens is 1. The van der Waals surface area contributed by atoms with E-state index in [1.165, 1.54) is 12.1 Å². The predicted molar refractivity (Wildman–Crippen MR) is 70.3 cm³/mol. The van der Waals surface area contributed by atoms with Crippen LogP contribution in [0.15, 0.2) is 48.8 Å². The molecule has 0 bridgehead atoms. The smallest absolute Gasteiger partial charge is 0.125 e. The van der Waals surface area contributed by atoms with Gasteiger partial charge in [-0.1, -0.05) is 23.7 Å². The summed E-state index contributed by atoms with van der Waals surface area (Å²) >= 11 is 6.04. The molecule has 0 fully saturated rings. The van der Waals surface area contributed by atoms with Gasteiger partial charge in [-0.15, -0.1) is 0 Å². The van der Waals surface area contributed by atoms with Gasteiger partial charge in [0.1, 0.15) is 5.82 Å². The van der Waals surface area contributed by atoms with Crippen LogP contribution in [-0.4, -0.2) is 4.98 Å². The van der Waals surface area contributed by atoms with Crippen LogP contribution >= 0.6 is 11.6 Å². The summed E-state index contributed by atoms with van der Waals surface area (Å²) in [6.07, 6.45) is 5.48. The molecule has 1 atom stereocenters. The van der Waals surface area contributed by atoms with Gasteiger partial charge in [0, 0.05) is 12.1 Å². The Morgan fingerprint density at radius 1 is 1.28 bits per heavy atom. The van der Waals surface area contributed by atoms with Crippen molar-refractivity contribution >= 4 is 17.3 Å². The number of rotatable bonds is 1. The van der Waals surface area contributed by atoms with Crippen molar-refractivity contribution in [2.45, 2.75) is 5.92 Å². The van der Waals surface area contributed by atoms with Gasteiger partial charge in [-0.3, -0.25) is 4.98 Å². The van der Waals surface area contributed by atoms with Gasteiger partial charge < -0.3 is 5.32 Å². The number of benzene rings is 1. The zero-order valence-electron chi connectivity index (χ0n) is 9.40. The molecule has 1 aliphatic heterocycles. The van der Waals surface area contributed by atoms with Crippen LogP contribution in [0, 0.1) is 5.82 Å². The molecule has 1 aromatic heterocycles. The molecule has 0 spiro atoms. The first-order valence-corrected chi connectivity index (χ1v) is 5.96. The second-order valence-corrected chi connectivity index (χ2v) is 4.49. The molecule has 90 valence electrons. The van der Waals surface area contributed by atoms with E-state index < -0.39 is 0 Å². The zero-order valence-corrected chi connectivity index (χ0v) is 10.2. The molecule has 0 saturated heterocycles. The molecule has 2 aromatic rings. The number of fused-ring (bicyclic) bond motifs is 1. The van der Waals surface area contributed by atoms with Crippen molar-refractivity contribution < 1.29 is 4.39 Å². The van der Waals surface area contributed by atoms with Crippen LogP contribution in [-0.2, 0) is 0 Å².